The normalized spacial score (nSPS) is 43.2. The molecule has 0 unspecified atom stereocenters. The smallest absolute Gasteiger partial charge is 0.223 e. The van der Waals surface area contributed by atoms with Crippen molar-refractivity contribution in [1.82, 2.24) is 5.32 Å². The van der Waals surface area contributed by atoms with Gasteiger partial charge >= 0.3 is 0 Å². The largest absolute Gasteiger partial charge is 0.355 e. The summed E-state index contributed by atoms with van der Waals surface area (Å²) in [5.74, 6) is 4.66. The third kappa shape index (κ3) is 2.52. The van der Waals surface area contributed by atoms with Crippen LogP contribution in [-0.2, 0) is 4.79 Å². The average Bonchev–Trinajstić information content (AvgIpc) is 2.93. The highest BCUT2D eigenvalue weighted by Gasteiger charge is 2.50. The summed E-state index contributed by atoms with van der Waals surface area (Å²) in [6.45, 7) is 0.818. The van der Waals surface area contributed by atoms with E-state index in [2.05, 4.69) is 5.32 Å². The molecule has 0 spiro atoms. The molecule has 5 aliphatic rings. The summed E-state index contributed by atoms with van der Waals surface area (Å²) >= 11 is 6.20. The minimum Gasteiger partial charge on any atom is -0.355 e. The molecule has 5 rings (SSSR count). The van der Waals surface area contributed by atoms with E-state index < -0.39 is 0 Å². The molecule has 0 saturated heterocycles. The number of hydrogen-bond acceptors (Lipinski definition) is 1. The van der Waals surface area contributed by atoms with Gasteiger partial charge in [0.05, 0.1) is 0 Å². The molecule has 0 aromatic rings. The Balaban J connectivity index is 1.39. The Kier molecular flexibility index (Phi) is 3.72. The maximum Gasteiger partial charge on any atom is 0.223 e. The molecule has 5 saturated carbocycles. The molecule has 5 aliphatic carbocycles. The first kappa shape index (κ1) is 14.4. The fourth-order valence-electron chi connectivity index (χ4n) is 6.23. The number of hydrogen-bond donors (Lipinski definition) is 1. The lowest BCUT2D eigenvalue weighted by Gasteiger charge is -2.53. The number of alkyl halides is 1. The number of carbonyl (C=O) groups is 1. The summed E-state index contributed by atoms with van der Waals surface area (Å²) in [7, 11) is 0. The van der Waals surface area contributed by atoms with Crippen LogP contribution in [-0.4, -0.2) is 18.3 Å². The van der Waals surface area contributed by atoms with Crippen molar-refractivity contribution in [3.8, 4) is 0 Å². The highest BCUT2D eigenvalue weighted by molar-refractivity contribution is 6.18. The van der Waals surface area contributed by atoms with E-state index >= 15 is 0 Å². The summed E-state index contributed by atoms with van der Waals surface area (Å²) in [5.41, 5.74) is 0.198. The van der Waals surface area contributed by atoms with Crippen molar-refractivity contribution in [3.05, 3.63) is 0 Å². The third-order valence-electron chi connectivity index (χ3n) is 7.11. The lowest BCUT2D eigenvalue weighted by atomic mass is 9.51. The monoisotopic (exact) mass is 309 g/mol. The van der Waals surface area contributed by atoms with E-state index in [9.17, 15) is 4.79 Å². The zero-order chi connectivity index (χ0) is 14.4. The van der Waals surface area contributed by atoms with Crippen molar-refractivity contribution < 1.29 is 4.79 Å². The van der Waals surface area contributed by atoms with Gasteiger partial charge in [-0.3, -0.25) is 4.79 Å². The van der Waals surface area contributed by atoms with Gasteiger partial charge in [0, 0.05) is 23.8 Å². The summed E-state index contributed by atoms with van der Waals surface area (Å²) in [6.07, 6.45) is 11.7. The van der Waals surface area contributed by atoms with Crippen molar-refractivity contribution in [2.24, 2.45) is 35.0 Å². The van der Waals surface area contributed by atoms with Crippen LogP contribution in [0.15, 0.2) is 0 Å². The quantitative estimate of drug-likeness (QED) is 0.782. The summed E-state index contributed by atoms with van der Waals surface area (Å²) in [4.78, 5) is 12.8. The average molecular weight is 310 g/mol. The van der Waals surface area contributed by atoms with Crippen LogP contribution < -0.4 is 5.32 Å². The van der Waals surface area contributed by atoms with E-state index in [1.54, 1.807) is 0 Å². The first-order valence-electron chi connectivity index (χ1n) is 9.03. The molecular weight excluding hydrogens is 282 g/mol. The van der Waals surface area contributed by atoms with Crippen molar-refractivity contribution in [3.63, 3.8) is 0 Å². The fourth-order valence-corrected chi connectivity index (χ4v) is 6.59. The Morgan fingerprint density at radius 2 is 1.57 bits per heavy atom. The first-order chi connectivity index (χ1) is 10.2. The molecule has 1 amide bonds. The lowest BCUT2D eigenvalue weighted by Crippen LogP contribution is -2.52. The van der Waals surface area contributed by atoms with Crippen molar-refractivity contribution >= 4 is 17.5 Å². The van der Waals surface area contributed by atoms with E-state index in [1.165, 1.54) is 57.8 Å². The number of rotatable bonds is 4. The molecule has 0 atom stereocenters. The van der Waals surface area contributed by atoms with E-state index in [0.29, 0.717) is 29.5 Å². The standard InChI is InChI=1S/C18H28ClNO/c19-10-18(3-1-2-4-18)11-20-17(21)16-14-6-12-5-13(8-14)9-15(16)7-12/h12-16H,1-11H2,(H,20,21). The van der Waals surface area contributed by atoms with E-state index in [4.69, 9.17) is 11.6 Å². The van der Waals surface area contributed by atoms with Gasteiger partial charge in [-0.25, -0.2) is 0 Å². The molecule has 1 N–H and O–H groups in total. The van der Waals surface area contributed by atoms with Gasteiger partial charge in [0.1, 0.15) is 0 Å². The van der Waals surface area contributed by atoms with E-state index in [1.807, 2.05) is 0 Å². The number of nitrogens with one attached hydrogen (secondary N) is 1. The second-order valence-electron chi connectivity index (χ2n) is 8.52. The fraction of sp³-hybridized carbons (Fsp3) is 0.944. The predicted molar refractivity (Wildman–Crippen MR) is 85.2 cm³/mol. The minimum absolute atomic E-state index is 0.198. The molecule has 0 aromatic carbocycles. The maximum absolute atomic E-state index is 12.8. The van der Waals surface area contributed by atoms with Gasteiger partial charge in [-0.05, 0) is 68.6 Å². The number of carbonyl (C=O) groups excluding carboxylic acids is 1. The Bertz CT molecular complexity index is 387. The highest BCUT2D eigenvalue weighted by atomic mass is 35.5. The van der Waals surface area contributed by atoms with Gasteiger partial charge in [-0.1, -0.05) is 12.8 Å². The van der Waals surface area contributed by atoms with Gasteiger partial charge in [-0.15, -0.1) is 11.6 Å². The summed E-state index contributed by atoms with van der Waals surface area (Å²) in [6, 6.07) is 0. The maximum atomic E-state index is 12.8. The highest BCUT2D eigenvalue weighted by Crippen LogP contribution is 2.56. The van der Waals surface area contributed by atoms with Crippen LogP contribution in [0.2, 0.25) is 0 Å². The summed E-state index contributed by atoms with van der Waals surface area (Å²) < 4.78 is 0. The topological polar surface area (TPSA) is 29.1 Å². The molecule has 0 aliphatic heterocycles. The SMILES string of the molecule is O=C(NCC1(CCl)CCCC1)C1C2CC3CC(C2)CC1C3. The molecular formula is C18H28ClNO. The molecule has 0 aromatic heterocycles. The molecule has 0 radical (unpaired) electrons. The second-order valence-corrected chi connectivity index (χ2v) is 8.78. The second kappa shape index (κ2) is 5.44. The van der Waals surface area contributed by atoms with E-state index in [0.717, 1.165) is 18.4 Å². The molecule has 2 nitrogen and oxygen atoms in total. The Morgan fingerprint density at radius 3 is 2.10 bits per heavy atom. The Labute approximate surface area is 133 Å². The molecule has 118 valence electrons. The van der Waals surface area contributed by atoms with Crippen LogP contribution in [0, 0.1) is 35.0 Å². The van der Waals surface area contributed by atoms with Crippen LogP contribution in [0.3, 0.4) is 0 Å². The zero-order valence-electron chi connectivity index (χ0n) is 13.0. The third-order valence-corrected chi connectivity index (χ3v) is 7.68. The summed E-state index contributed by atoms with van der Waals surface area (Å²) in [5, 5.41) is 3.32. The van der Waals surface area contributed by atoms with Crippen molar-refractivity contribution in [1.29, 1.82) is 0 Å². The Hall–Kier alpha value is -0.240. The van der Waals surface area contributed by atoms with Gasteiger partial charge in [-0.2, -0.15) is 0 Å². The molecule has 3 heteroatoms. The molecule has 4 bridgehead atoms. The van der Waals surface area contributed by atoms with Crippen LogP contribution in [0.5, 0.6) is 0 Å². The zero-order valence-corrected chi connectivity index (χ0v) is 13.7. The van der Waals surface area contributed by atoms with Crippen LogP contribution >= 0.6 is 11.6 Å². The molecule has 0 heterocycles. The van der Waals surface area contributed by atoms with Crippen LogP contribution in [0.1, 0.15) is 57.8 Å². The van der Waals surface area contributed by atoms with Gasteiger partial charge in [0.15, 0.2) is 0 Å². The van der Waals surface area contributed by atoms with Crippen LogP contribution in [0.4, 0.5) is 0 Å². The lowest BCUT2D eigenvalue weighted by molar-refractivity contribution is -0.138. The predicted octanol–water partition coefficient (Wildman–Crippen LogP) is 3.97. The van der Waals surface area contributed by atoms with E-state index in [-0.39, 0.29) is 5.41 Å². The van der Waals surface area contributed by atoms with Gasteiger partial charge in [0.25, 0.3) is 0 Å². The first-order valence-corrected chi connectivity index (χ1v) is 9.56. The number of halogens is 1. The van der Waals surface area contributed by atoms with Gasteiger partial charge in [0.2, 0.25) is 5.91 Å². The minimum atomic E-state index is 0.198. The Morgan fingerprint density at radius 1 is 1.00 bits per heavy atom. The van der Waals surface area contributed by atoms with Gasteiger partial charge < -0.3 is 5.32 Å². The molecule has 21 heavy (non-hydrogen) atoms. The van der Waals surface area contributed by atoms with Crippen molar-refractivity contribution in [2.45, 2.75) is 57.8 Å². The van der Waals surface area contributed by atoms with Crippen molar-refractivity contribution in [2.75, 3.05) is 12.4 Å². The van der Waals surface area contributed by atoms with Crippen LogP contribution in [0.25, 0.3) is 0 Å². The molecule has 5 fully saturated rings. The number of amides is 1.